The van der Waals surface area contributed by atoms with Crippen LogP contribution in [0, 0.1) is 0 Å². The van der Waals surface area contributed by atoms with Gasteiger partial charge in [0.05, 0.1) is 12.6 Å². The highest BCUT2D eigenvalue weighted by atomic mass is 16.2. The molecule has 0 saturated heterocycles. The van der Waals surface area contributed by atoms with Crippen LogP contribution in [-0.4, -0.2) is 25.0 Å². The topological polar surface area (TPSA) is 58.4 Å². The number of rotatable bonds is 4. The van der Waals surface area contributed by atoms with Crippen LogP contribution < -0.4 is 16.0 Å². The molecule has 2 aromatic rings. The molecule has 0 saturated carbocycles. The fourth-order valence-electron chi connectivity index (χ4n) is 3.16. The molecule has 1 aliphatic heterocycles. The van der Waals surface area contributed by atoms with E-state index < -0.39 is 0 Å². The van der Waals surface area contributed by atoms with Gasteiger partial charge in [0.15, 0.2) is 0 Å². The molecule has 4 nitrogen and oxygen atoms in total. The van der Waals surface area contributed by atoms with Crippen LogP contribution >= 0.6 is 0 Å². The Labute approximate surface area is 137 Å². The van der Waals surface area contributed by atoms with Gasteiger partial charge >= 0.3 is 0 Å². The number of carbonyl (C=O) groups is 1. The van der Waals surface area contributed by atoms with Gasteiger partial charge < -0.3 is 16.0 Å². The molecule has 0 aliphatic carbocycles. The molecule has 0 aromatic heterocycles. The van der Waals surface area contributed by atoms with E-state index in [1.807, 2.05) is 49.4 Å². The molecule has 2 atom stereocenters. The zero-order chi connectivity index (χ0) is 16.2. The van der Waals surface area contributed by atoms with Crippen LogP contribution in [0.5, 0.6) is 0 Å². The number of amides is 1. The van der Waals surface area contributed by atoms with E-state index in [1.165, 1.54) is 5.56 Å². The van der Waals surface area contributed by atoms with Crippen molar-refractivity contribution < 1.29 is 4.79 Å². The molecule has 4 heteroatoms. The molecule has 120 valence electrons. The number of nitrogens with zero attached hydrogens (tertiary/aromatic N) is 1. The molecule has 1 aliphatic rings. The molecule has 0 radical (unpaired) electrons. The van der Waals surface area contributed by atoms with Crippen LogP contribution in [0.2, 0.25) is 0 Å². The van der Waals surface area contributed by atoms with Gasteiger partial charge in [-0.05, 0) is 30.5 Å². The molecule has 0 fully saturated rings. The SMILES string of the molecule is CC(NC(=O)CN1CC(N)Cc2ccccc21)c1ccccc1. The smallest absolute Gasteiger partial charge is 0.239 e. The fraction of sp³-hybridized carbons (Fsp3) is 0.316. The van der Waals surface area contributed by atoms with Gasteiger partial charge in [-0.25, -0.2) is 0 Å². The van der Waals surface area contributed by atoms with Crippen molar-refractivity contribution in [3.63, 3.8) is 0 Å². The van der Waals surface area contributed by atoms with Gasteiger partial charge in [-0.15, -0.1) is 0 Å². The zero-order valence-electron chi connectivity index (χ0n) is 13.4. The van der Waals surface area contributed by atoms with Crippen LogP contribution in [0.25, 0.3) is 0 Å². The van der Waals surface area contributed by atoms with Crippen molar-refractivity contribution >= 4 is 11.6 Å². The lowest BCUT2D eigenvalue weighted by Gasteiger charge is -2.34. The van der Waals surface area contributed by atoms with Gasteiger partial charge in [-0.2, -0.15) is 0 Å². The third-order valence-corrected chi connectivity index (χ3v) is 4.28. The predicted molar refractivity (Wildman–Crippen MR) is 93.3 cm³/mol. The van der Waals surface area contributed by atoms with E-state index in [0.717, 1.165) is 17.7 Å². The van der Waals surface area contributed by atoms with Gasteiger partial charge in [0.1, 0.15) is 0 Å². The summed E-state index contributed by atoms with van der Waals surface area (Å²) in [7, 11) is 0. The van der Waals surface area contributed by atoms with E-state index in [0.29, 0.717) is 13.1 Å². The van der Waals surface area contributed by atoms with E-state index in [9.17, 15) is 4.79 Å². The van der Waals surface area contributed by atoms with Crippen molar-refractivity contribution in [1.82, 2.24) is 5.32 Å². The first-order valence-corrected chi connectivity index (χ1v) is 8.06. The summed E-state index contributed by atoms with van der Waals surface area (Å²) in [5, 5.41) is 3.07. The van der Waals surface area contributed by atoms with E-state index >= 15 is 0 Å². The second kappa shape index (κ2) is 6.84. The van der Waals surface area contributed by atoms with Gasteiger partial charge in [0, 0.05) is 18.3 Å². The number of para-hydroxylation sites is 1. The molecular weight excluding hydrogens is 286 g/mol. The summed E-state index contributed by atoms with van der Waals surface area (Å²) in [6.07, 6.45) is 0.870. The summed E-state index contributed by atoms with van der Waals surface area (Å²) in [6.45, 7) is 3.05. The summed E-state index contributed by atoms with van der Waals surface area (Å²) < 4.78 is 0. The third-order valence-electron chi connectivity index (χ3n) is 4.28. The largest absolute Gasteiger partial charge is 0.360 e. The molecule has 2 unspecified atom stereocenters. The van der Waals surface area contributed by atoms with E-state index in [-0.39, 0.29) is 18.0 Å². The maximum atomic E-state index is 12.4. The number of hydrogen-bond acceptors (Lipinski definition) is 3. The molecule has 0 spiro atoms. The normalized spacial score (nSPS) is 18.2. The number of nitrogens with two attached hydrogens (primary N) is 1. The number of anilines is 1. The zero-order valence-corrected chi connectivity index (χ0v) is 13.4. The second-order valence-electron chi connectivity index (χ2n) is 6.17. The maximum Gasteiger partial charge on any atom is 0.239 e. The quantitative estimate of drug-likeness (QED) is 0.911. The van der Waals surface area contributed by atoms with Crippen molar-refractivity contribution in [3.8, 4) is 0 Å². The first-order chi connectivity index (χ1) is 11.1. The number of fused-ring (bicyclic) bond motifs is 1. The number of hydrogen-bond donors (Lipinski definition) is 2. The van der Waals surface area contributed by atoms with Crippen molar-refractivity contribution in [3.05, 3.63) is 65.7 Å². The Kier molecular flexibility index (Phi) is 4.63. The van der Waals surface area contributed by atoms with Crippen molar-refractivity contribution in [2.24, 2.45) is 5.73 Å². The predicted octanol–water partition coefficient (Wildman–Crippen LogP) is 2.25. The molecule has 23 heavy (non-hydrogen) atoms. The van der Waals surface area contributed by atoms with Gasteiger partial charge in [-0.1, -0.05) is 48.5 Å². The lowest BCUT2D eigenvalue weighted by molar-refractivity contribution is -0.120. The van der Waals surface area contributed by atoms with Crippen LogP contribution in [0.4, 0.5) is 5.69 Å². The van der Waals surface area contributed by atoms with E-state index in [1.54, 1.807) is 0 Å². The summed E-state index contributed by atoms with van der Waals surface area (Å²) >= 11 is 0. The summed E-state index contributed by atoms with van der Waals surface area (Å²) in [5.41, 5.74) is 9.58. The molecule has 0 bridgehead atoms. The van der Waals surface area contributed by atoms with Crippen molar-refractivity contribution in [2.75, 3.05) is 18.0 Å². The highest BCUT2D eigenvalue weighted by Gasteiger charge is 2.23. The average Bonchev–Trinajstić information content (AvgIpc) is 2.55. The number of benzene rings is 2. The van der Waals surface area contributed by atoms with Gasteiger partial charge in [0.25, 0.3) is 0 Å². The second-order valence-corrected chi connectivity index (χ2v) is 6.17. The maximum absolute atomic E-state index is 12.4. The third kappa shape index (κ3) is 3.71. The average molecular weight is 309 g/mol. The summed E-state index contributed by atoms with van der Waals surface area (Å²) in [4.78, 5) is 14.5. The minimum absolute atomic E-state index is 0.00240. The van der Waals surface area contributed by atoms with Gasteiger partial charge in [-0.3, -0.25) is 4.79 Å². The Bertz CT molecular complexity index is 671. The lowest BCUT2D eigenvalue weighted by Crippen LogP contribution is -2.47. The molecule has 1 amide bonds. The first kappa shape index (κ1) is 15.6. The Morgan fingerprint density at radius 2 is 1.91 bits per heavy atom. The standard InChI is InChI=1S/C19H23N3O/c1-14(15-7-3-2-4-8-15)21-19(23)13-22-12-17(20)11-16-9-5-6-10-18(16)22/h2-10,14,17H,11-13,20H2,1H3,(H,21,23). The molecule has 3 N–H and O–H groups in total. The fourth-order valence-corrected chi connectivity index (χ4v) is 3.16. The highest BCUT2D eigenvalue weighted by molar-refractivity contribution is 5.82. The van der Waals surface area contributed by atoms with Crippen molar-refractivity contribution in [1.29, 1.82) is 0 Å². The monoisotopic (exact) mass is 309 g/mol. The molecule has 3 rings (SSSR count). The summed E-state index contributed by atoms with van der Waals surface area (Å²) in [5.74, 6) is 0.0188. The van der Waals surface area contributed by atoms with Crippen LogP contribution in [0.3, 0.4) is 0 Å². The van der Waals surface area contributed by atoms with Gasteiger partial charge in [0.2, 0.25) is 5.91 Å². The van der Waals surface area contributed by atoms with Crippen LogP contribution in [-0.2, 0) is 11.2 Å². The highest BCUT2D eigenvalue weighted by Crippen LogP contribution is 2.26. The Morgan fingerprint density at radius 1 is 1.22 bits per heavy atom. The van der Waals surface area contributed by atoms with Crippen LogP contribution in [0.1, 0.15) is 24.1 Å². The lowest BCUT2D eigenvalue weighted by atomic mass is 9.98. The minimum atomic E-state index is -0.00240. The van der Waals surface area contributed by atoms with Crippen molar-refractivity contribution in [2.45, 2.75) is 25.4 Å². The van der Waals surface area contributed by atoms with E-state index in [2.05, 4.69) is 22.3 Å². The molecular formula is C19H23N3O. The first-order valence-electron chi connectivity index (χ1n) is 8.06. The molecule has 2 aromatic carbocycles. The van der Waals surface area contributed by atoms with Crippen LogP contribution in [0.15, 0.2) is 54.6 Å². The Morgan fingerprint density at radius 3 is 2.70 bits per heavy atom. The van der Waals surface area contributed by atoms with E-state index in [4.69, 9.17) is 5.73 Å². The molecule has 1 heterocycles. The minimum Gasteiger partial charge on any atom is -0.360 e. The Balaban J connectivity index is 1.66. The summed E-state index contributed by atoms with van der Waals surface area (Å²) in [6, 6.07) is 18.2. The Hall–Kier alpha value is -2.33. The number of carbonyl (C=O) groups excluding carboxylic acids is 1. The number of nitrogens with one attached hydrogen (secondary N) is 1.